The predicted octanol–water partition coefficient (Wildman–Crippen LogP) is 2.30. The Morgan fingerprint density at radius 1 is 1.50 bits per heavy atom. The van der Waals surface area contributed by atoms with Crippen LogP contribution in [0.25, 0.3) is 0 Å². The molecule has 0 aliphatic carbocycles. The molecule has 0 saturated carbocycles. The summed E-state index contributed by atoms with van der Waals surface area (Å²) in [6.07, 6.45) is -3.28. The Labute approximate surface area is 77.9 Å². The largest absolute Gasteiger partial charge is 0.418 e. The van der Waals surface area contributed by atoms with Gasteiger partial charge in [-0.25, -0.2) is 0 Å². The Balaban J connectivity index is 3.31. The molecule has 0 unspecified atom stereocenters. The quantitative estimate of drug-likeness (QED) is 0.433. The first-order valence-corrected chi connectivity index (χ1v) is 3.68. The van der Waals surface area contributed by atoms with E-state index >= 15 is 0 Å². The molecule has 76 valence electrons. The number of alkyl halides is 3. The maximum absolute atomic E-state index is 12.4. The fraction of sp³-hybridized carbons (Fsp3) is 0.250. The lowest BCUT2D eigenvalue weighted by Gasteiger charge is -2.09. The number of hydrogen-bond acceptors (Lipinski definition) is 3. The molecule has 1 heterocycles. The van der Waals surface area contributed by atoms with E-state index in [1.807, 2.05) is 0 Å². The third-order valence-corrected chi connectivity index (χ3v) is 1.61. The molecule has 0 amide bonds. The van der Waals surface area contributed by atoms with E-state index in [1.54, 1.807) is 0 Å². The number of rotatable bonds is 1. The van der Waals surface area contributed by atoms with Crippen molar-refractivity contribution in [2.24, 2.45) is 5.16 Å². The van der Waals surface area contributed by atoms with Crippen molar-refractivity contribution in [1.29, 1.82) is 0 Å². The van der Waals surface area contributed by atoms with Crippen LogP contribution >= 0.6 is 0 Å². The molecule has 1 N–H and O–H groups in total. The molecule has 0 aliphatic heterocycles. The fourth-order valence-corrected chi connectivity index (χ4v) is 0.970. The smallest absolute Gasteiger partial charge is 0.411 e. The van der Waals surface area contributed by atoms with E-state index < -0.39 is 11.7 Å². The lowest BCUT2D eigenvalue weighted by molar-refractivity contribution is -0.137. The average Bonchev–Trinajstić information content (AvgIpc) is 2.15. The van der Waals surface area contributed by atoms with Gasteiger partial charge in [0.05, 0.1) is 11.3 Å². The molecule has 14 heavy (non-hydrogen) atoms. The van der Waals surface area contributed by atoms with Crippen LogP contribution in [0.1, 0.15) is 18.2 Å². The SMILES string of the molecule is C/C(=N\O)c1ncccc1C(F)(F)F. The number of pyridine rings is 1. The minimum Gasteiger partial charge on any atom is -0.411 e. The van der Waals surface area contributed by atoms with E-state index in [0.29, 0.717) is 0 Å². The van der Waals surface area contributed by atoms with Crippen molar-refractivity contribution in [1.82, 2.24) is 4.98 Å². The molecule has 1 aromatic rings. The minimum atomic E-state index is -4.49. The number of halogens is 3. The first-order chi connectivity index (χ1) is 6.46. The van der Waals surface area contributed by atoms with Gasteiger partial charge in [-0.05, 0) is 19.1 Å². The molecule has 0 aliphatic rings. The molecule has 1 aromatic heterocycles. The van der Waals surface area contributed by atoms with E-state index in [1.165, 1.54) is 19.2 Å². The van der Waals surface area contributed by atoms with E-state index in [9.17, 15) is 13.2 Å². The second-order valence-electron chi connectivity index (χ2n) is 2.58. The zero-order valence-corrected chi connectivity index (χ0v) is 7.21. The molecule has 0 radical (unpaired) electrons. The Morgan fingerprint density at radius 2 is 2.14 bits per heavy atom. The van der Waals surface area contributed by atoms with Gasteiger partial charge in [0.25, 0.3) is 0 Å². The van der Waals surface area contributed by atoms with Gasteiger partial charge >= 0.3 is 6.18 Å². The van der Waals surface area contributed by atoms with E-state index in [4.69, 9.17) is 5.21 Å². The summed E-state index contributed by atoms with van der Waals surface area (Å²) in [5.74, 6) is 0. The summed E-state index contributed by atoms with van der Waals surface area (Å²) in [4.78, 5) is 3.51. The van der Waals surface area contributed by atoms with Crippen LogP contribution in [0.4, 0.5) is 13.2 Å². The van der Waals surface area contributed by atoms with Crippen LogP contribution in [-0.2, 0) is 6.18 Å². The molecule has 0 aromatic carbocycles. The van der Waals surface area contributed by atoms with Gasteiger partial charge in [-0.3, -0.25) is 4.98 Å². The molecule has 3 nitrogen and oxygen atoms in total. The van der Waals surface area contributed by atoms with Crippen molar-refractivity contribution in [3.05, 3.63) is 29.6 Å². The number of oxime groups is 1. The second kappa shape index (κ2) is 3.65. The van der Waals surface area contributed by atoms with Crippen LogP contribution in [0.2, 0.25) is 0 Å². The van der Waals surface area contributed by atoms with Gasteiger partial charge in [0, 0.05) is 6.20 Å². The normalized spacial score (nSPS) is 13.0. The molecule has 0 atom stereocenters. The van der Waals surface area contributed by atoms with Gasteiger partial charge in [-0.15, -0.1) is 0 Å². The molecule has 1 rings (SSSR count). The summed E-state index contributed by atoms with van der Waals surface area (Å²) in [6, 6.07) is 2.06. The van der Waals surface area contributed by atoms with Gasteiger partial charge in [-0.2, -0.15) is 13.2 Å². The maximum atomic E-state index is 12.4. The average molecular weight is 204 g/mol. The summed E-state index contributed by atoms with van der Waals surface area (Å²) in [5, 5.41) is 11.0. The lowest BCUT2D eigenvalue weighted by Crippen LogP contribution is -2.13. The number of nitrogens with zero attached hydrogens (tertiary/aromatic N) is 2. The topological polar surface area (TPSA) is 45.5 Å². The lowest BCUT2D eigenvalue weighted by atomic mass is 10.1. The van der Waals surface area contributed by atoms with Gasteiger partial charge in [-0.1, -0.05) is 5.16 Å². The van der Waals surface area contributed by atoms with E-state index in [0.717, 1.165) is 6.07 Å². The summed E-state index contributed by atoms with van der Waals surface area (Å²) >= 11 is 0. The van der Waals surface area contributed by atoms with Gasteiger partial charge in [0.2, 0.25) is 0 Å². The maximum Gasteiger partial charge on any atom is 0.418 e. The Morgan fingerprint density at radius 3 is 2.64 bits per heavy atom. The highest BCUT2D eigenvalue weighted by Crippen LogP contribution is 2.31. The third kappa shape index (κ3) is 2.01. The first kappa shape index (κ1) is 10.5. The zero-order chi connectivity index (χ0) is 10.8. The summed E-state index contributed by atoms with van der Waals surface area (Å²) in [7, 11) is 0. The Kier molecular flexibility index (Phi) is 2.73. The van der Waals surface area contributed by atoms with E-state index in [-0.39, 0.29) is 11.4 Å². The summed E-state index contributed by atoms with van der Waals surface area (Å²) in [5.41, 5.74) is -1.43. The number of hydrogen-bond donors (Lipinski definition) is 1. The molecule has 6 heteroatoms. The van der Waals surface area contributed by atoms with Crippen LogP contribution in [0, 0.1) is 0 Å². The standard InChI is InChI=1S/C8H7F3N2O/c1-5(13-14)7-6(8(9,10)11)3-2-4-12-7/h2-4,14H,1H3/b13-5+. The zero-order valence-electron chi connectivity index (χ0n) is 7.21. The first-order valence-electron chi connectivity index (χ1n) is 3.68. The van der Waals surface area contributed by atoms with Crippen molar-refractivity contribution in [2.45, 2.75) is 13.1 Å². The molecule has 0 spiro atoms. The van der Waals surface area contributed by atoms with Crippen molar-refractivity contribution in [3.63, 3.8) is 0 Å². The van der Waals surface area contributed by atoms with Crippen LogP contribution < -0.4 is 0 Å². The van der Waals surface area contributed by atoms with Crippen LogP contribution in [0.15, 0.2) is 23.5 Å². The molecule has 0 saturated heterocycles. The van der Waals surface area contributed by atoms with E-state index in [2.05, 4.69) is 10.1 Å². The predicted molar refractivity (Wildman–Crippen MR) is 43.2 cm³/mol. The summed E-state index contributed by atoms with van der Waals surface area (Å²) in [6.45, 7) is 1.25. The van der Waals surface area contributed by atoms with Gasteiger partial charge in [0.1, 0.15) is 5.71 Å². The Hall–Kier alpha value is -1.59. The van der Waals surface area contributed by atoms with Crippen molar-refractivity contribution in [2.75, 3.05) is 0 Å². The highest BCUT2D eigenvalue weighted by molar-refractivity contribution is 5.97. The van der Waals surface area contributed by atoms with Crippen molar-refractivity contribution in [3.8, 4) is 0 Å². The second-order valence-corrected chi connectivity index (χ2v) is 2.58. The highest BCUT2D eigenvalue weighted by atomic mass is 19.4. The molecule has 0 bridgehead atoms. The molecule has 0 fully saturated rings. The fourth-order valence-electron chi connectivity index (χ4n) is 0.970. The summed E-state index contributed by atoms with van der Waals surface area (Å²) < 4.78 is 37.1. The van der Waals surface area contributed by atoms with Crippen molar-refractivity contribution >= 4 is 5.71 Å². The highest BCUT2D eigenvalue weighted by Gasteiger charge is 2.34. The third-order valence-electron chi connectivity index (χ3n) is 1.61. The molecular formula is C8H7F3N2O. The van der Waals surface area contributed by atoms with Crippen LogP contribution in [0.5, 0.6) is 0 Å². The van der Waals surface area contributed by atoms with Gasteiger partial charge < -0.3 is 5.21 Å². The van der Waals surface area contributed by atoms with Crippen molar-refractivity contribution < 1.29 is 18.4 Å². The van der Waals surface area contributed by atoms with Gasteiger partial charge in [0.15, 0.2) is 0 Å². The monoisotopic (exact) mass is 204 g/mol. The van der Waals surface area contributed by atoms with Crippen LogP contribution in [-0.4, -0.2) is 15.9 Å². The minimum absolute atomic E-state index is 0.169. The number of aromatic nitrogens is 1. The molecular weight excluding hydrogens is 197 g/mol. The van der Waals surface area contributed by atoms with Crippen LogP contribution in [0.3, 0.4) is 0 Å². The Bertz CT molecular complexity index is 360.